The lowest BCUT2D eigenvalue weighted by Gasteiger charge is -2.25. The van der Waals surface area contributed by atoms with Gasteiger partial charge in [-0.3, -0.25) is 0 Å². The van der Waals surface area contributed by atoms with Gasteiger partial charge in [-0.1, -0.05) is 18.2 Å². The van der Waals surface area contributed by atoms with Crippen molar-refractivity contribution in [3.05, 3.63) is 29.8 Å². The van der Waals surface area contributed by atoms with Crippen LogP contribution in [-0.2, 0) is 0 Å². The largest absolute Gasteiger partial charge is 0.493 e. The molecule has 2 unspecified atom stereocenters. The molecular formula is C14H19ClO2. The number of rotatable bonds is 5. The van der Waals surface area contributed by atoms with Crippen LogP contribution in [-0.4, -0.2) is 23.2 Å². The minimum absolute atomic E-state index is 0.302. The van der Waals surface area contributed by atoms with Crippen molar-refractivity contribution in [3.8, 4) is 5.75 Å². The average Bonchev–Trinajstić information content (AvgIpc) is 2.70. The number of alkyl halides is 1. The zero-order chi connectivity index (χ0) is 12.3. The average molecular weight is 255 g/mol. The third kappa shape index (κ3) is 3.14. The lowest BCUT2D eigenvalue weighted by Crippen LogP contribution is -2.27. The van der Waals surface area contributed by atoms with Crippen LogP contribution in [0.15, 0.2) is 24.3 Å². The van der Waals surface area contributed by atoms with E-state index in [-0.39, 0.29) is 0 Å². The van der Waals surface area contributed by atoms with E-state index in [0.717, 1.165) is 25.0 Å². The first-order chi connectivity index (χ1) is 8.12. The Morgan fingerprint density at radius 2 is 2.24 bits per heavy atom. The first-order valence-electron chi connectivity index (χ1n) is 6.12. The van der Waals surface area contributed by atoms with E-state index in [1.807, 2.05) is 25.1 Å². The monoisotopic (exact) mass is 254 g/mol. The summed E-state index contributed by atoms with van der Waals surface area (Å²) in [5.74, 6) is 1.87. The third-order valence-electron chi connectivity index (χ3n) is 3.33. The fraction of sp³-hybridized carbons (Fsp3) is 0.571. The van der Waals surface area contributed by atoms with Crippen LogP contribution in [0.5, 0.6) is 5.75 Å². The fourth-order valence-electron chi connectivity index (χ4n) is 2.48. The molecule has 2 rings (SSSR count). The molecule has 94 valence electrons. The minimum Gasteiger partial charge on any atom is -0.493 e. The van der Waals surface area contributed by atoms with Gasteiger partial charge in [0.1, 0.15) is 5.75 Å². The van der Waals surface area contributed by atoms with E-state index in [9.17, 15) is 5.11 Å². The van der Waals surface area contributed by atoms with Crippen LogP contribution in [0, 0.1) is 0 Å². The number of ether oxygens (including phenoxy) is 1. The summed E-state index contributed by atoms with van der Waals surface area (Å²) in [7, 11) is 0. The highest BCUT2D eigenvalue weighted by atomic mass is 35.5. The van der Waals surface area contributed by atoms with Crippen molar-refractivity contribution in [2.45, 2.75) is 37.7 Å². The zero-order valence-electron chi connectivity index (χ0n) is 10.2. The molecule has 1 aliphatic heterocycles. The Balaban J connectivity index is 2.01. The van der Waals surface area contributed by atoms with E-state index < -0.39 is 5.60 Å². The molecule has 1 N–H and O–H groups in total. The van der Waals surface area contributed by atoms with Gasteiger partial charge in [-0.2, -0.15) is 0 Å². The second-order valence-electron chi connectivity index (χ2n) is 5.04. The van der Waals surface area contributed by atoms with Gasteiger partial charge in [-0.15, -0.1) is 11.6 Å². The first-order valence-corrected chi connectivity index (χ1v) is 6.66. The van der Waals surface area contributed by atoms with Gasteiger partial charge >= 0.3 is 0 Å². The van der Waals surface area contributed by atoms with E-state index in [4.69, 9.17) is 16.3 Å². The standard InChI is InChI=1S/C14H19ClO2/c1-14(16,7-4-8-15)9-11-10-17-13-6-3-2-5-12(11)13/h2-3,5-6,11,16H,4,7-10H2,1H3. The molecule has 0 spiro atoms. The van der Waals surface area contributed by atoms with Crippen molar-refractivity contribution < 1.29 is 9.84 Å². The molecule has 0 aromatic heterocycles. The quantitative estimate of drug-likeness (QED) is 0.817. The van der Waals surface area contributed by atoms with Gasteiger partial charge < -0.3 is 9.84 Å². The molecule has 2 atom stereocenters. The van der Waals surface area contributed by atoms with Gasteiger partial charge in [0.25, 0.3) is 0 Å². The maximum atomic E-state index is 10.3. The Bertz CT molecular complexity index is 376. The molecule has 0 radical (unpaired) electrons. The number of hydrogen-bond acceptors (Lipinski definition) is 2. The molecule has 17 heavy (non-hydrogen) atoms. The summed E-state index contributed by atoms with van der Waals surface area (Å²) >= 11 is 5.67. The van der Waals surface area contributed by atoms with Crippen molar-refractivity contribution in [1.82, 2.24) is 0 Å². The van der Waals surface area contributed by atoms with E-state index >= 15 is 0 Å². The van der Waals surface area contributed by atoms with Crippen LogP contribution in [0.25, 0.3) is 0 Å². The molecule has 2 nitrogen and oxygen atoms in total. The van der Waals surface area contributed by atoms with Crippen molar-refractivity contribution in [3.63, 3.8) is 0 Å². The number of para-hydroxylation sites is 1. The number of fused-ring (bicyclic) bond motifs is 1. The first kappa shape index (κ1) is 12.7. The number of benzene rings is 1. The Morgan fingerprint density at radius 3 is 3.00 bits per heavy atom. The summed E-state index contributed by atoms with van der Waals surface area (Å²) in [5.41, 5.74) is 0.569. The van der Waals surface area contributed by atoms with Crippen molar-refractivity contribution in [2.75, 3.05) is 12.5 Å². The van der Waals surface area contributed by atoms with Crippen LogP contribution in [0.3, 0.4) is 0 Å². The van der Waals surface area contributed by atoms with E-state index in [1.165, 1.54) is 5.56 Å². The van der Waals surface area contributed by atoms with Crippen LogP contribution >= 0.6 is 11.6 Å². The van der Waals surface area contributed by atoms with E-state index in [0.29, 0.717) is 18.4 Å². The lowest BCUT2D eigenvalue weighted by atomic mass is 9.86. The van der Waals surface area contributed by atoms with Gasteiger partial charge in [0.05, 0.1) is 12.2 Å². The Hall–Kier alpha value is -0.730. The third-order valence-corrected chi connectivity index (χ3v) is 3.60. The summed E-state index contributed by atoms with van der Waals surface area (Å²) in [6.07, 6.45) is 2.33. The highest BCUT2D eigenvalue weighted by Gasteiger charge is 2.31. The Morgan fingerprint density at radius 1 is 1.47 bits per heavy atom. The maximum Gasteiger partial charge on any atom is 0.122 e. The topological polar surface area (TPSA) is 29.5 Å². The van der Waals surface area contributed by atoms with Crippen molar-refractivity contribution in [2.24, 2.45) is 0 Å². The second-order valence-corrected chi connectivity index (χ2v) is 5.42. The van der Waals surface area contributed by atoms with Gasteiger partial charge in [0.2, 0.25) is 0 Å². The predicted molar refractivity (Wildman–Crippen MR) is 69.9 cm³/mol. The molecule has 0 saturated heterocycles. The molecule has 0 amide bonds. The SMILES string of the molecule is CC(O)(CCCCl)CC1COc2ccccc21. The summed E-state index contributed by atoms with van der Waals surface area (Å²) in [6, 6.07) is 8.08. The summed E-state index contributed by atoms with van der Waals surface area (Å²) in [6.45, 7) is 2.57. The fourth-order valence-corrected chi connectivity index (χ4v) is 2.61. The zero-order valence-corrected chi connectivity index (χ0v) is 10.9. The summed E-state index contributed by atoms with van der Waals surface area (Å²) in [4.78, 5) is 0. The molecule has 0 fully saturated rings. The van der Waals surface area contributed by atoms with Gasteiger partial charge in [0.15, 0.2) is 0 Å². The van der Waals surface area contributed by atoms with Crippen LogP contribution in [0.4, 0.5) is 0 Å². The Kier molecular flexibility index (Phi) is 3.95. The Labute approximate surface area is 108 Å². The lowest BCUT2D eigenvalue weighted by molar-refractivity contribution is 0.0321. The molecule has 0 bridgehead atoms. The van der Waals surface area contributed by atoms with Crippen LogP contribution in [0.1, 0.15) is 37.7 Å². The smallest absolute Gasteiger partial charge is 0.122 e. The normalized spacial score (nSPS) is 21.7. The van der Waals surface area contributed by atoms with Gasteiger partial charge in [0, 0.05) is 17.4 Å². The maximum absolute atomic E-state index is 10.3. The van der Waals surface area contributed by atoms with E-state index in [2.05, 4.69) is 6.07 Å². The van der Waals surface area contributed by atoms with Crippen LogP contribution < -0.4 is 4.74 Å². The van der Waals surface area contributed by atoms with Crippen molar-refractivity contribution >= 4 is 11.6 Å². The minimum atomic E-state index is -0.652. The molecular weight excluding hydrogens is 236 g/mol. The second kappa shape index (κ2) is 5.28. The molecule has 1 aromatic rings. The van der Waals surface area contributed by atoms with E-state index in [1.54, 1.807) is 0 Å². The summed E-state index contributed by atoms with van der Waals surface area (Å²) in [5, 5.41) is 10.3. The molecule has 3 heteroatoms. The van der Waals surface area contributed by atoms with Gasteiger partial charge in [-0.05, 0) is 32.3 Å². The highest BCUT2D eigenvalue weighted by molar-refractivity contribution is 6.17. The number of hydrogen-bond donors (Lipinski definition) is 1. The molecule has 1 heterocycles. The summed E-state index contributed by atoms with van der Waals surface area (Å²) < 4.78 is 5.62. The number of aliphatic hydroxyl groups is 1. The molecule has 0 saturated carbocycles. The molecule has 1 aromatic carbocycles. The van der Waals surface area contributed by atoms with Crippen molar-refractivity contribution in [1.29, 1.82) is 0 Å². The van der Waals surface area contributed by atoms with Gasteiger partial charge in [-0.25, -0.2) is 0 Å². The highest BCUT2D eigenvalue weighted by Crippen LogP contribution is 2.38. The molecule has 0 aliphatic carbocycles. The number of halogens is 1. The predicted octanol–water partition coefficient (Wildman–Crippen LogP) is 3.32. The molecule has 1 aliphatic rings. The van der Waals surface area contributed by atoms with Crippen LogP contribution in [0.2, 0.25) is 0 Å².